The van der Waals surface area contributed by atoms with E-state index >= 15 is 0 Å². The average Bonchev–Trinajstić information content (AvgIpc) is 2.43. The maximum Gasteiger partial charge on any atom is 0.314 e. The Morgan fingerprint density at radius 2 is 2.20 bits per heavy atom. The molecule has 1 aromatic heterocycles. The zero-order valence-electron chi connectivity index (χ0n) is 10.1. The summed E-state index contributed by atoms with van der Waals surface area (Å²) in [5, 5.41) is 10.9. The molecule has 8 nitrogen and oxygen atoms in total. The minimum absolute atomic E-state index is 0.00761. The molecule has 0 radical (unpaired) electrons. The van der Waals surface area contributed by atoms with Crippen molar-refractivity contribution in [2.24, 2.45) is 0 Å². The van der Waals surface area contributed by atoms with Crippen molar-refractivity contribution in [2.75, 3.05) is 7.11 Å². The molecule has 0 spiro atoms. The van der Waals surface area contributed by atoms with Crippen LogP contribution in [0.2, 0.25) is 0 Å². The number of rotatable bonds is 4. The van der Waals surface area contributed by atoms with Crippen LogP contribution >= 0.6 is 15.9 Å². The van der Waals surface area contributed by atoms with Crippen molar-refractivity contribution in [3.05, 3.63) is 49.5 Å². The van der Waals surface area contributed by atoms with Gasteiger partial charge in [0.05, 0.1) is 24.4 Å². The summed E-state index contributed by atoms with van der Waals surface area (Å²) >= 11 is 3.02. The highest BCUT2D eigenvalue weighted by Crippen LogP contribution is 2.33. The van der Waals surface area contributed by atoms with Crippen LogP contribution in [0.4, 0.5) is 5.69 Å². The summed E-state index contributed by atoms with van der Waals surface area (Å²) in [4.78, 5) is 27.8. The van der Waals surface area contributed by atoms with Gasteiger partial charge in [-0.1, -0.05) is 0 Å². The van der Waals surface area contributed by atoms with Gasteiger partial charge in [-0.3, -0.25) is 14.9 Å². The van der Waals surface area contributed by atoms with Crippen molar-refractivity contribution in [3.63, 3.8) is 0 Å². The van der Waals surface area contributed by atoms with Gasteiger partial charge in [0.2, 0.25) is 5.88 Å². The van der Waals surface area contributed by atoms with Gasteiger partial charge in [0.1, 0.15) is 10.2 Å². The Balaban J connectivity index is 2.39. The molecule has 0 amide bonds. The van der Waals surface area contributed by atoms with Crippen LogP contribution in [-0.4, -0.2) is 22.0 Å². The third-order valence-electron chi connectivity index (χ3n) is 2.33. The molecule has 0 saturated carbocycles. The van der Waals surface area contributed by atoms with Gasteiger partial charge in [-0.25, -0.2) is 4.98 Å². The van der Waals surface area contributed by atoms with Crippen molar-refractivity contribution in [2.45, 2.75) is 0 Å². The Labute approximate surface area is 120 Å². The second-order valence-corrected chi connectivity index (χ2v) is 4.34. The molecule has 1 heterocycles. The van der Waals surface area contributed by atoms with Crippen LogP contribution in [0, 0.1) is 10.1 Å². The molecule has 2 rings (SSSR count). The van der Waals surface area contributed by atoms with Gasteiger partial charge >= 0.3 is 5.69 Å². The van der Waals surface area contributed by atoms with Crippen LogP contribution in [0.3, 0.4) is 0 Å². The second kappa shape index (κ2) is 5.70. The maximum absolute atomic E-state index is 11.4. The van der Waals surface area contributed by atoms with Gasteiger partial charge in [-0.05, 0) is 28.1 Å². The van der Waals surface area contributed by atoms with Gasteiger partial charge in [-0.2, -0.15) is 0 Å². The number of nitro benzene ring substituents is 1. The third-order valence-corrected chi connectivity index (χ3v) is 3.03. The molecule has 0 aliphatic rings. The van der Waals surface area contributed by atoms with E-state index in [-0.39, 0.29) is 27.5 Å². The van der Waals surface area contributed by atoms with Crippen molar-refractivity contribution >= 4 is 21.6 Å². The molecule has 0 atom stereocenters. The third kappa shape index (κ3) is 2.77. The van der Waals surface area contributed by atoms with Gasteiger partial charge in [0, 0.05) is 0 Å². The van der Waals surface area contributed by atoms with Crippen molar-refractivity contribution < 1.29 is 14.4 Å². The summed E-state index contributed by atoms with van der Waals surface area (Å²) in [7, 11) is 1.33. The number of aromatic nitrogens is 2. The molecule has 1 aromatic carbocycles. The van der Waals surface area contributed by atoms with Crippen LogP contribution < -0.4 is 15.0 Å². The van der Waals surface area contributed by atoms with Crippen LogP contribution in [0.15, 0.2) is 33.8 Å². The topological polar surface area (TPSA) is 107 Å². The first-order valence-electron chi connectivity index (χ1n) is 5.26. The highest BCUT2D eigenvalue weighted by atomic mass is 79.9. The predicted octanol–water partition coefficient (Wildman–Crippen LogP) is 2.24. The minimum Gasteiger partial charge on any atom is -0.490 e. The van der Waals surface area contributed by atoms with E-state index in [0.717, 1.165) is 0 Å². The van der Waals surface area contributed by atoms with E-state index in [1.807, 2.05) is 0 Å². The summed E-state index contributed by atoms with van der Waals surface area (Å²) in [5.41, 5.74) is -0.663. The van der Waals surface area contributed by atoms with Gasteiger partial charge in [0.15, 0.2) is 5.75 Å². The first-order chi connectivity index (χ1) is 9.52. The van der Waals surface area contributed by atoms with E-state index in [9.17, 15) is 14.9 Å². The van der Waals surface area contributed by atoms with Gasteiger partial charge in [0.25, 0.3) is 5.56 Å². The number of hydrogen-bond donors (Lipinski definition) is 1. The summed E-state index contributed by atoms with van der Waals surface area (Å²) in [6.45, 7) is 0. The number of H-pyrrole nitrogens is 1. The van der Waals surface area contributed by atoms with Gasteiger partial charge < -0.3 is 14.5 Å². The molecule has 0 fully saturated rings. The van der Waals surface area contributed by atoms with Crippen LogP contribution in [0.1, 0.15) is 0 Å². The second-order valence-electron chi connectivity index (χ2n) is 3.54. The molecule has 9 heteroatoms. The largest absolute Gasteiger partial charge is 0.490 e. The van der Waals surface area contributed by atoms with Crippen LogP contribution in [-0.2, 0) is 0 Å². The van der Waals surface area contributed by atoms with Crippen LogP contribution in [0.5, 0.6) is 17.4 Å². The first-order valence-corrected chi connectivity index (χ1v) is 6.05. The molecule has 0 bridgehead atoms. The maximum atomic E-state index is 11.4. The van der Waals surface area contributed by atoms with Gasteiger partial charge in [-0.15, -0.1) is 0 Å². The number of halogens is 1. The summed E-state index contributed by atoms with van der Waals surface area (Å²) < 4.78 is 10.3. The zero-order chi connectivity index (χ0) is 14.7. The standard InChI is InChI=1S/C11H8BrN3O5/c1-19-8-3-2-6(4-7(8)15(17)18)20-11-9(12)10(16)13-5-14-11/h2-5H,1H3,(H,13,14,16). The minimum atomic E-state index is -0.591. The number of aromatic amines is 1. The summed E-state index contributed by atoms with van der Waals surface area (Å²) in [6, 6.07) is 4.06. The fourth-order valence-corrected chi connectivity index (χ4v) is 1.72. The van der Waals surface area contributed by atoms with E-state index in [1.165, 1.54) is 31.6 Å². The Bertz CT molecular complexity index is 715. The Kier molecular flexibility index (Phi) is 3.99. The van der Waals surface area contributed by atoms with E-state index in [0.29, 0.717) is 0 Å². The normalized spacial score (nSPS) is 10.1. The molecule has 2 aromatic rings. The molecule has 20 heavy (non-hydrogen) atoms. The van der Waals surface area contributed by atoms with Crippen LogP contribution in [0.25, 0.3) is 0 Å². The van der Waals surface area contributed by atoms with Crippen molar-refractivity contribution in [1.29, 1.82) is 0 Å². The fraction of sp³-hybridized carbons (Fsp3) is 0.0909. The quantitative estimate of drug-likeness (QED) is 0.674. The molecule has 0 unspecified atom stereocenters. The van der Waals surface area contributed by atoms with Crippen molar-refractivity contribution in [3.8, 4) is 17.4 Å². The Hall–Kier alpha value is -2.42. The predicted molar refractivity (Wildman–Crippen MR) is 72.3 cm³/mol. The fourth-order valence-electron chi connectivity index (χ4n) is 1.43. The molecule has 1 N–H and O–H groups in total. The SMILES string of the molecule is COc1ccc(Oc2nc[nH]c(=O)c2Br)cc1[N+](=O)[O-]. The molecule has 0 aliphatic heterocycles. The number of methoxy groups -OCH3 is 1. The van der Waals surface area contributed by atoms with Crippen molar-refractivity contribution in [1.82, 2.24) is 9.97 Å². The number of ether oxygens (including phenoxy) is 2. The average molecular weight is 342 g/mol. The molecular formula is C11H8BrN3O5. The molecule has 104 valence electrons. The summed E-state index contributed by atoms with van der Waals surface area (Å²) in [6.07, 6.45) is 1.17. The van der Waals surface area contributed by atoms with E-state index in [4.69, 9.17) is 9.47 Å². The Morgan fingerprint density at radius 3 is 2.85 bits per heavy atom. The summed E-state index contributed by atoms with van der Waals surface area (Å²) in [5.74, 6) is 0.282. The van der Waals surface area contributed by atoms with E-state index in [2.05, 4.69) is 25.9 Å². The molecule has 0 aliphatic carbocycles. The highest BCUT2D eigenvalue weighted by Gasteiger charge is 2.17. The molecular weight excluding hydrogens is 334 g/mol. The lowest BCUT2D eigenvalue weighted by atomic mass is 10.3. The zero-order valence-corrected chi connectivity index (χ0v) is 11.7. The molecule has 0 saturated heterocycles. The lowest BCUT2D eigenvalue weighted by molar-refractivity contribution is -0.385. The number of benzene rings is 1. The smallest absolute Gasteiger partial charge is 0.314 e. The monoisotopic (exact) mass is 341 g/mol. The van der Waals surface area contributed by atoms with E-state index in [1.54, 1.807) is 0 Å². The Morgan fingerprint density at radius 1 is 1.45 bits per heavy atom. The lowest BCUT2D eigenvalue weighted by Gasteiger charge is -2.07. The number of nitrogens with zero attached hydrogens (tertiary/aromatic N) is 2. The van der Waals surface area contributed by atoms with E-state index < -0.39 is 10.5 Å². The first kappa shape index (κ1) is 14.0. The lowest BCUT2D eigenvalue weighted by Crippen LogP contribution is -2.08. The highest BCUT2D eigenvalue weighted by molar-refractivity contribution is 9.10. The number of nitrogens with one attached hydrogen (secondary N) is 1. The number of nitro groups is 1. The number of hydrogen-bond acceptors (Lipinski definition) is 6.